The Kier molecular flexibility index (Phi) is 1.90. The van der Waals surface area contributed by atoms with Crippen molar-refractivity contribution in [1.29, 1.82) is 0 Å². The van der Waals surface area contributed by atoms with Gasteiger partial charge in [0.05, 0.1) is 0 Å². The zero-order valence-electron chi connectivity index (χ0n) is 7.40. The molecule has 2 nitrogen and oxygen atoms in total. The maximum atomic E-state index is 3.42. The lowest BCUT2D eigenvalue weighted by Crippen LogP contribution is -2.59. The molecule has 2 saturated heterocycles. The van der Waals surface area contributed by atoms with Crippen molar-refractivity contribution < 1.29 is 1.43 Å². The molecule has 0 unspecified atom stereocenters. The standard InChI is InChI=1S/C9H18N2.H2/c1-2-11-7-9(8-11)3-5-10-6-4-9;/h10H,2-8H2,1H3;1H. The minimum Gasteiger partial charge on any atom is -0.317 e. The molecule has 0 atom stereocenters. The van der Waals surface area contributed by atoms with Crippen LogP contribution >= 0.6 is 0 Å². The van der Waals surface area contributed by atoms with Gasteiger partial charge in [0.1, 0.15) is 0 Å². The molecular formula is C9H20N2. The zero-order chi connectivity index (χ0) is 7.73. The summed E-state index contributed by atoms with van der Waals surface area (Å²) in [5.74, 6) is 0. The quantitative estimate of drug-likeness (QED) is 0.608. The average molecular weight is 156 g/mol. The second-order valence-corrected chi connectivity index (χ2v) is 4.05. The lowest BCUT2D eigenvalue weighted by molar-refractivity contribution is -0.0188. The molecule has 2 aliphatic rings. The second-order valence-electron chi connectivity index (χ2n) is 4.05. The molecule has 0 radical (unpaired) electrons. The molecular weight excluding hydrogens is 136 g/mol. The fraction of sp³-hybridized carbons (Fsp3) is 1.00. The van der Waals surface area contributed by atoms with E-state index in [1.807, 2.05) is 0 Å². The minimum atomic E-state index is 0. The molecule has 1 N–H and O–H groups in total. The maximum absolute atomic E-state index is 3.42. The normalized spacial score (nSPS) is 30.3. The van der Waals surface area contributed by atoms with E-state index in [2.05, 4.69) is 17.1 Å². The van der Waals surface area contributed by atoms with Gasteiger partial charge in [-0.1, -0.05) is 6.92 Å². The average Bonchev–Trinajstić information content (AvgIpc) is 2.01. The maximum Gasteiger partial charge on any atom is 0.00513 e. The van der Waals surface area contributed by atoms with Gasteiger partial charge >= 0.3 is 0 Å². The van der Waals surface area contributed by atoms with Crippen LogP contribution in [0.25, 0.3) is 0 Å². The van der Waals surface area contributed by atoms with Crippen molar-refractivity contribution >= 4 is 0 Å². The second kappa shape index (κ2) is 2.76. The van der Waals surface area contributed by atoms with E-state index < -0.39 is 0 Å². The molecule has 2 fully saturated rings. The summed E-state index contributed by atoms with van der Waals surface area (Å²) in [7, 11) is 0. The Balaban J connectivity index is 0.000000720. The Bertz CT molecular complexity index is 135. The Morgan fingerprint density at radius 2 is 2.00 bits per heavy atom. The van der Waals surface area contributed by atoms with Crippen molar-refractivity contribution in [3.05, 3.63) is 0 Å². The van der Waals surface area contributed by atoms with Crippen molar-refractivity contribution in [3.63, 3.8) is 0 Å². The summed E-state index contributed by atoms with van der Waals surface area (Å²) < 4.78 is 0. The number of piperidine rings is 1. The Hall–Kier alpha value is -0.0800. The largest absolute Gasteiger partial charge is 0.317 e. The van der Waals surface area contributed by atoms with Crippen LogP contribution in [0.1, 0.15) is 21.2 Å². The third-order valence-corrected chi connectivity index (χ3v) is 3.23. The summed E-state index contributed by atoms with van der Waals surface area (Å²) in [5, 5.41) is 3.42. The molecule has 0 aliphatic carbocycles. The number of nitrogens with zero attached hydrogens (tertiary/aromatic N) is 1. The highest BCUT2D eigenvalue weighted by atomic mass is 15.2. The van der Waals surface area contributed by atoms with Crippen molar-refractivity contribution in [2.75, 3.05) is 32.7 Å². The summed E-state index contributed by atoms with van der Waals surface area (Å²) in [6, 6.07) is 0. The molecule has 0 aromatic rings. The van der Waals surface area contributed by atoms with E-state index in [0.717, 1.165) is 5.41 Å². The first-order chi connectivity index (χ1) is 5.35. The predicted molar refractivity (Wildman–Crippen MR) is 48.8 cm³/mol. The van der Waals surface area contributed by atoms with E-state index >= 15 is 0 Å². The van der Waals surface area contributed by atoms with Crippen molar-refractivity contribution in [3.8, 4) is 0 Å². The van der Waals surface area contributed by atoms with Gasteiger partial charge in [-0.05, 0) is 37.9 Å². The van der Waals surface area contributed by atoms with Gasteiger partial charge < -0.3 is 10.2 Å². The summed E-state index contributed by atoms with van der Waals surface area (Å²) in [6.45, 7) is 8.73. The summed E-state index contributed by atoms with van der Waals surface area (Å²) in [4.78, 5) is 2.55. The molecule has 0 bridgehead atoms. The summed E-state index contributed by atoms with van der Waals surface area (Å²) in [5.41, 5.74) is 0.737. The number of hydrogen-bond acceptors (Lipinski definition) is 2. The molecule has 0 amide bonds. The fourth-order valence-electron chi connectivity index (χ4n) is 2.40. The molecule has 11 heavy (non-hydrogen) atoms. The van der Waals surface area contributed by atoms with E-state index in [1.165, 1.54) is 45.6 Å². The summed E-state index contributed by atoms with van der Waals surface area (Å²) in [6.07, 6.45) is 2.81. The van der Waals surface area contributed by atoms with Crippen molar-refractivity contribution in [2.24, 2.45) is 5.41 Å². The van der Waals surface area contributed by atoms with Gasteiger partial charge in [-0.3, -0.25) is 0 Å². The van der Waals surface area contributed by atoms with Crippen LogP contribution in [0.15, 0.2) is 0 Å². The highest BCUT2D eigenvalue weighted by molar-refractivity contribution is 4.96. The van der Waals surface area contributed by atoms with Gasteiger partial charge in [0, 0.05) is 14.5 Å². The molecule has 2 heterocycles. The van der Waals surface area contributed by atoms with E-state index in [4.69, 9.17) is 0 Å². The highest BCUT2D eigenvalue weighted by Crippen LogP contribution is 2.37. The first-order valence-corrected chi connectivity index (χ1v) is 4.78. The van der Waals surface area contributed by atoms with Crippen LogP contribution < -0.4 is 5.32 Å². The lowest BCUT2D eigenvalue weighted by atomic mass is 9.72. The monoisotopic (exact) mass is 156 g/mol. The molecule has 1 spiro atoms. The van der Waals surface area contributed by atoms with E-state index in [-0.39, 0.29) is 1.43 Å². The third-order valence-electron chi connectivity index (χ3n) is 3.23. The van der Waals surface area contributed by atoms with Crippen LogP contribution in [-0.4, -0.2) is 37.6 Å². The first kappa shape index (κ1) is 7.56. The van der Waals surface area contributed by atoms with Crippen molar-refractivity contribution in [1.82, 2.24) is 10.2 Å². The SMILES string of the molecule is CCN1CC2(CCNCC2)C1.[HH]. The Morgan fingerprint density at radius 3 is 2.55 bits per heavy atom. The van der Waals surface area contributed by atoms with Gasteiger partial charge in [0.2, 0.25) is 0 Å². The number of hydrogen-bond donors (Lipinski definition) is 1. The van der Waals surface area contributed by atoms with Crippen LogP contribution in [0.5, 0.6) is 0 Å². The molecule has 0 aromatic carbocycles. The van der Waals surface area contributed by atoms with Gasteiger partial charge in [0.25, 0.3) is 0 Å². The van der Waals surface area contributed by atoms with E-state index in [1.54, 1.807) is 0 Å². The summed E-state index contributed by atoms with van der Waals surface area (Å²) >= 11 is 0. The highest BCUT2D eigenvalue weighted by Gasteiger charge is 2.42. The van der Waals surface area contributed by atoms with E-state index in [0.29, 0.717) is 0 Å². The smallest absolute Gasteiger partial charge is 0.00513 e. The number of rotatable bonds is 1. The molecule has 2 heteroatoms. The molecule has 0 saturated carbocycles. The Labute approximate surface area is 70.4 Å². The van der Waals surface area contributed by atoms with Crippen LogP contribution in [0.2, 0.25) is 0 Å². The van der Waals surface area contributed by atoms with Crippen LogP contribution in [0.4, 0.5) is 0 Å². The zero-order valence-corrected chi connectivity index (χ0v) is 7.40. The van der Waals surface area contributed by atoms with Crippen LogP contribution in [0, 0.1) is 5.41 Å². The topological polar surface area (TPSA) is 15.3 Å². The van der Waals surface area contributed by atoms with Crippen molar-refractivity contribution in [2.45, 2.75) is 19.8 Å². The molecule has 2 aliphatic heterocycles. The van der Waals surface area contributed by atoms with Gasteiger partial charge in [-0.15, -0.1) is 0 Å². The minimum absolute atomic E-state index is 0. The number of nitrogens with one attached hydrogen (secondary N) is 1. The molecule has 0 aromatic heterocycles. The number of likely N-dealkylation sites (tertiary alicyclic amines) is 1. The first-order valence-electron chi connectivity index (χ1n) is 4.78. The third kappa shape index (κ3) is 1.30. The van der Waals surface area contributed by atoms with Gasteiger partial charge in [-0.2, -0.15) is 0 Å². The Morgan fingerprint density at radius 1 is 1.36 bits per heavy atom. The molecule has 66 valence electrons. The van der Waals surface area contributed by atoms with Crippen LogP contribution in [0.3, 0.4) is 0 Å². The fourth-order valence-corrected chi connectivity index (χ4v) is 2.40. The predicted octanol–water partition coefficient (Wildman–Crippen LogP) is 0.938. The van der Waals surface area contributed by atoms with Crippen LogP contribution in [-0.2, 0) is 0 Å². The lowest BCUT2D eigenvalue weighted by Gasteiger charge is -2.52. The molecule has 2 rings (SSSR count). The van der Waals surface area contributed by atoms with E-state index in [9.17, 15) is 0 Å². The van der Waals surface area contributed by atoms with Gasteiger partial charge in [-0.25, -0.2) is 0 Å². The van der Waals surface area contributed by atoms with Gasteiger partial charge in [0.15, 0.2) is 0 Å².